The van der Waals surface area contributed by atoms with Crippen LogP contribution in [0.4, 0.5) is 0 Å². The molecular formula is C15H31NO. The van der Waals surface area contributed by atoms with E-state index in [0.717, 1.165) is 24.8 Å². The van der Waals surface area contributed by atoms with Crippen LogP contribution < -0.4 is 5.32 Å². The summed E-state index contributed by atoms with van der Waals surface area (Å²) in [5, 5.41) is 12.8. The number of nitrogens with one attached hydrogen (secondary N) is 1. The molecule has 1 atom stereocenters. The van der Waals surface area contributed by atoms with Crippen LogP contribution in [0, 0.1) is 17.3 Å². The molecule has 1 aliphatic rings. The van der Waals surface area contributed by atoms with Crippen LogP contribution in [-0.2, 0) is 0 Å². The largest absolute Gasteiger partial charge is 0.396 e. The van der Waals surface area contributed by atoms with E-state index in [1.807, 2.05) is 0 Å². The highest BCUT2D eigenvalue weighted by Crippen LogP contribution is 2.28. The van der Waals surface area contributed by atoms with Gasteiger partial charge in [0, 0.05) is 12.6 Å². The third-order valence-corrected chi connectivity index (χ3v) is 4.25. The number of aliphatic hydroxyl groups is 1. The Labute approximate surface area is 107 Å². The minimum atomic E-state index is 0.241. The summed E-state index contributed by atoms with van der Waals surface area (Å²) in [5.41, 5.74) is 0.241. The Morgan fingerprint density at radius 3 is 2.24 bits per heavy atom. The molecular weight excluding hydrogens is 210 g/mol. The normalized spacial score (nSPS) is 28.1. The molecule has 0 aromatic carbocycles. The fourth-order valence-corrected chi connectivity index (χ4v) is 2.81. The van der Waals surface area contributed by atoms with Crippen molar-refractivity contribution in [1.82, 2.24) is 5.32 Å². The molecule has 1 rings (SSSR count). The van der Waals surface area contributed by atoms with Gasteiger partial charge in [-0.05, 0) is 43.1 Å². The minimum Gasteiger partial charge on any atom is -0.396 e. The monoisotopic (exact) mass is 241 g/mol. The summed E-state index contributed by atoms with van der Waals surface area (Å²) in [6.07, 6.45) is 6.42. The van der Waals surface area contributed by atoms with E-state index in [1.165, 1.54) is 25.7 Å². The van der Waals surface area contributed by atoms with Crippen LogP contribution >= 0.6 is 0 Å². The number of rotatable bonds is 5. The summed E-state index contributed by atoms with van der Waals surface area (Å²) >= 11 is 0. The summed E-state index contributed by atoms with van der Waals surface area (Å²) in [4.78, 5) is 0. The fourth-order valence-electron chi connectivity index (χ4n) is 2.81. The Morgan fingerprint density at radius 1 is 1.18 bits per heavy atom. The van der Waals surface area contributed by atoms with E-state index < -0.39 is 0 Å². The summed E-state index contributed by atoms with van der Waals surface area (Å²) in [7, 11) is 0. The quantitative estimate of drug-likeness (QED) is 0.775. The second-order valence-electron chi connectivity index (χ2n) is 6.97. The van der Waals surface area contributed by atoms with Crippen LogP contribution in [0.5, 0.6) is 0 Å². The molecule has 0 aromatic heterocycles. The standard InChI is InChI=1S/C15H31NO/c1-12-5-7-13(8-6-12)11-16-14(9-10-17)15(2,3)4/h12-14,16-17H,5-11H2,1-4H3. The van der Waals surface area contributed by atoms with Crippen molar-refractivity contribution in [2.75, 3.05) is 13.2 Å². The Kier molecular flexibility index (Phi) is 5.94. The van der Waals surface area contributed by atoms with Crippen molar-refractivity contribution in [1.29, 1.82) is 0 Å². The van der Waals surface area contributed by atoms with Crippen LogP contribution in [0.1, 0.15) is 59.8 Å². The van der Waals surface area contributed by atoms with Gasteiger partial charge in [-0.25, -0.2) is 0 Å². The molecule has 0 bridgehead atoms. The van der Waals surface area contributed by atoms with Crippen LogP contribution in [0.3, 0.4) is 0 Å². The molecule has 102 valence electrons. The maximum Gasteiger partial charge on any atom is 0.0446 e. The number of aliphatic hydroxyl groups excluding tert-OH is 1. The maximum absolute atomic E-state index is 9.13. The van der Waals surface area contributed by atoms with Crippen molar-refractivity contribution in [3.63, 3.8) is 0 Å². The van der Waals surface area contributed by atoms with Crippen molar-refractivity contribution in [2.24, 2.45) is 17.3 Å². The van der Waals surface area contributed by atoms with Gasteiger partial charge in [-0.2, -0.15) is 0 Å². The lowest BCUT2D eigenvalue weighted by molar-refractivity contribution is 0.183. The first-order chi connectivity index (χ1) is 7.93. The summed E-state index contributed by atoms with van der Waals surface area (Å²) in [5.74, 6) is 1.79. The lowest BCUT2D eigenvalue weighted by atomic mass is 9.81. The Bertz CT molecular complexity index is 201. The van der Waals surface area contributed by atoms with Gasteiger partial charge >= 0.3 is 0 Å². The molecule has 0 aliphatic heterocycles. The second kappa shape index (κ2) is 6.75. The van der Waals surface area contributed by atoms with Crippen LogP contribution in [0.2, 0.25) is 0 Å². The highest BCUT2D eigenvalue weighted by atomic mass is 16.3. The molecule has 1 fully saturated rings. The fraction of sp³-hybridized carbons (Fsp3) is 1.00. The Hall–Kier alpha value is -0.0800. The van der Waals surface area contributed by atoms with Gasteiger partial charge in [-0.3, -0.25) is 0 Å². The minimum absolute atomic E-state index is 0.241. The van der Waals surface area contributed by atoms with Gasteiger partial charge in [0.15, 0.2) is 0 Å². The Balaban J connectivity index is 2.31. The predicted molar refractivity (Wildman–Crippen MR) is 74.1 cm³/mol. The molecule has 0 aromatic rings. The number of hydrogen-bond donors (Lipinski definition) is 2. The molecule has 2 N–H and O–H groups in total. The van der Waals surface area contributed by atoms with E-state index in [9.17, 15) is 0 Å². The van der Waals surface area contributed by atoms with Gasteiger partial charge < -0.3 is 10.4 Å². The topological polar surface area (TPSA) is 32.3 Å². The van der Waals surface area contributed by atoms with Crippen LogP contribution in [0.15, 0.2) is 0 Å². The average Bonchev–Trinajstić information content (AvgIpc) is 2.25. The van der Waals surface area contributed by atoms with Gasteiger partial charge in [-0.15, -0.1) is 0 Å². The van der Waals surface area contributed by atoms with Gasteiger partial charge in [-0.1, -0.05) is 40.5 Å². The van der Waals surface area contributed by atoms with Crippen molar-refractivity contribution in [3.8, 4) is 0 Å². The van der Waals surface area contributed by atoms with Gasteiger partial charge in [0.2, 0.25) is 0 Å². The molecule has 2 heteroatoms. The zero-order valence-electron chi connectivity index (χ0n) is 12.1. The molecule has 1 aliphatic carbocycles. The number of hydrogen-bond acceptors (Lipinski definition) is 2. The first-order valence-corrected chi connectivity index (χ1v) is 7.27. The Morgan fingerprint density at radius 2 is 1.76 bits per heavy atom. The third kappa shape index (κ3) is 5.39. The molecule has 0 spiro atoms. The lowest BCUT2D eigenvalue weighted by Crippen LogP contribution is -2.43. The SMILES string of the molecule is CC1CCC(CNC(CCO)C(C)(C)C)CC1. The molecule has 0 radical (unpaired) electrons. The first kappa shape index (κ1) is 15.0. The van der Waals surface area contributed by atoms with Crippen molar-refractivity contribution in [2.45, 2.75) is 65.8 Å². The molecule has 0 amide bonds. The zero-order valence-corrected chi connectivity index (χ0v) is 12.1. The first-order valence-electron chi connectivity index (χ1n) is 7.27. The summed E-state index contributed by atoms with van der Waals surface area (Å²) in [6, 6.07) is 0.437. The van der Waals surface area contributed by atoms with E-state index in [2.05, 4.69) is 33.0 Å². The predicted octanol–water partition coefficient (Wildman–Crippen LogP) is 3.20. The van der Waals surface area contributed by atoms with E-state index in [4.69, 9.17) is 5.11 Å². The molecule has 0 saturated heterocycles. The van der Waals surface area contributed by atoms with E-state index >= 15 is 0 Å². The molecule has 0 heterocycles. The van der Waals surface area contributed by atoms with Crippen molar-refractivity contribution in [3.05, 3.63) is 0 Å². The third-order valence-electron chi connectivity index (χ3n) is 4.25. The maximum atomic E-state index is 9.13. The van der Waals surface area contributed by atoms with Gasteiger partial charge in [0.1, 0.15) is 0 Å². The van der Waals surface area contributed by atoms with Crippen molar-refractivity contribution >= 4 is 0 Å². The summed E-state index contributed by atoms with van der Waals surface area (Å²) in [6.45, 7) is 10.6. The second-order valence-corrected chi connectivity index (χ2v) is 6.97. The van der Waals surface area contributed by atoms with Gasteiger partial charge in [0.25, 0.3) is 0 Å². The molecule has 1 unspecified atom stereocenters. The lowest BCUT2D eigenvalue weighted by Gasteiger charge is -2.34. The van der Waals surface area contributed by atoms with Crippen LogP contribution in [-0.4, -0.2) is 24.3 Å². The van der Waals surface area contributed by atoms with E-state index in [-0.39, 0.29) is 12.0 Å². The smallest absolute Gasteiger partial charge is 0.0446 e. The highest BCUT2D eigenvalue weighted by molar-refractivity contribution is 4.82. The van der Waals surface area contributed by atoms with Gasteiger partial charge in [0.05, 0.1) is 0 Å². The highest BCUT2D eigenvalue weighted by Gasteiger charge is 2.25. The van der Waals surface area contributed by atoms with Crippen LogP contribution in [0.25, 0.3) is 0 Å². The van der Waals surface area contributed by atoms with E-state index in [1.54, 1.807) is 0 Å². The molecule has 17 heavy (non-hydrogen) atoms. The average molecular weight is 241 g/mol. The summed E-state index contributed by atoms with van der Waals surface area (Å²) < 4.78 is 0. The van der Waals surface area contributed by atoms with E-state index in [0.29, 0.717) is 6.04 Å². The van der Waals surface area contributed by atoms with Crippen molar-refractivity contribution < 1.29 is 5.11 Å². The molecule has 1 saturated carbocycles. The molecule has 2 nitrogen and oxygen atoms in total. The zero-order chi connectivity index (χ0) is 12.9.